The highest BCUT2D eigenvalue weighted by molar-refractivity contribution is 6.00. The number of carbonyl (C=O) groups is 3. The summed E-state index contributed by atoms with van der Waals surface area (Å²) in [6, 6.07) is 15.2. The van der Waals surface area contributed by atoms with Gasteiger partial charge in [0.1, 0.15) is 17.7 Å². The van der Waals surface area contributed by atoms with E-state index in [2.05, 4.69) is 10.6 Å². The number of rotatable bonds is 13. The first-order valence-corrected chi connectivity index (χ1v) is 16.0. The van der Waals surface area contributed by atoms with Crippen LogP contribution in [0.25, 0.3) is 0 Å². The van der Waals surface area contributed by atoms with Crippen molar-refractivity contribution in [2.45, 2.75) is 71.2 Å². The maximum Gasteiger partial charge on any atom is 0.253 e. The molecule has 0 aromatic heterocycles. The number of benzene rings is 3. The number of nitrogens with one attached hydrogen (secondary N) is 2. The predicted octanol–water partition coefficient (Wildman–Crippen LogP) is 4.63. The molecule has 0 spiro atoms. The monoisotopic (exact) mass is 634 g/mol. The van der Waals surface area contributed by atoms with E-state index in [-0.39, 0.29) is 29.4 Å². The zero-order valence-electron chi connectivity index (χ0n) is 26.8. The molecular weight excluding hydrogens is 590 g/mol. The summed E-state index contributed by atoms with van der Waals surface area (Å²) in [6.45, 7) is 8.23. The molecule has 46 heavy (non-hydrogen) atoms. The second-order valence-electron chi connectivity index (χ2n) is 12.0. The summed E-state index contributed by atoms with van der Waals surface area (Å²) >= 11 is 0. The van der Waals surface area contributed by atoms with Crippen LogP contribution < -0.4 is 10.6 Å². The number of hydrogen-bond donors (Lipinski definition) is 3. The first-order chi connectivity index (χ1) is 22.1. The van der Waals surface area contributed by atoms with Crippen molar-refractivity contribution in [2.75, 3.05) is 26.2 Å². The number of hydrogen-bond acceptors (Lipinski definition) is 5. The number of halogens is 2. The quantitative estimate of drug-likeness (QED) is 0.255. The summed E-state index contributed by atoms with van der Waals surface area (Å²) in [6.07, 6.45) is 0.643. The fourth-order valence-corrected chi connectivity index (χ4v) is 5.95. The molecule has 246 valence electrons. The number of aliphatic hydroxyl groups is 1. The van der Waals surface area contributed by atoms with Crippen LogP contribution in [0.2, 0.25) is 0 Å². The molecular formula is C36H44F2N4O4. The third-order valence-electron chi connectivity index (χ3n) is 8.07. The van der Waals surface area contributed by atoms with Crippen LogP contribution in [0, 0.1) is 18.6 Å². The van der Waals surface area contributed by atoms with Gasteiger partial charge in [-0.15, -0.1) is 0 Å². The molecule has 3 atom stereocenters. The van der Waals surface area contributed by atoms with Crippen LogP contribution in [0.5, 0.6) is 0 Å². The van der Waals surface area contributed by atoms with Crippen molar-refractivity contribution in [2.24, 2.45) is 0 Å². The van der Waals surface area contributed by atoms with Gasteiger partial charge in [0.05, 0.1) is 12.1 Å². The smallest absolute Gasteiger partial charge is 0.253 e. The highest BCUT2D eigenvalue weighted by atomic mass is 19.1. The number of nitrogens with zero attached hydrogens (tertiary/aromatic N) is 2. The minimum Gasteiger partial charge on any atom is -0.389 e. The van der Waals surface area contributed by atoms with Gasteiger partial charge in [0.25, 0.3) is 11.8 Å². The molecule has 1 saturated heterocycles. The molecule has 3 aromatic carbocycles. The highest BCUT2D eigenvalue weighted by Crippen LogP contribution is 2.19. The van der Waals surface area contributed by atoms with Gasteiger partial charge in [0.15, 0.2) is 0 Å². The van der Waals surface area contributed by atoms with Crippen LogP contribution in [0.3, 0.4) is 0 Å². The molecule has 1 aliphatic heterocycles. The first-order valence-electron chi connectivity index (χ1n) is 16.0. The molecule has 1 aliphatic rings. The first kappa shape index (κ1) is 34.7. The van der Waals surface area contributed by atoms with Crippen molar-refractivity contribution in [1.82, 2.24) is 20.4 Å². The van der Waals surface area contributed by atoms with Crippen molar-refractivity contribution in [1.29, 1.82) is 0 Å². The molecule has 3 N–H and O–H groups in total. The molecule has 1 heterocycles. The molecule has 0 aliphatic carbocycles. The Labute approximate surface area is 269 Å². The Hall–Kier alpha value is -4.15. The van der Waals surface area contributed by atoms with Gasteiger partial charge in [-0.2, -0.15) is 0 Å². The zero-order valence-corrected chi connectivity index (χ0v) is 26.8. The van der Waals surface area contributed by atoms with Gasteiger partial charge in [-0.25, -0.2) is 8.78 Å². The van der Waals surface area contributed by atoms with Crippen LogP contribution >= 0.6 is 0 Å². The Morgan fingerprint density at radius 1 is 0.978 bits per heavy atom. The Kier molecular flexibility index (Phi) is 12.4. The third kappa shape index (κ3) is 9.20. The van der Waals surface area contributed by atoms with Crippen LogP contribution in [-0.2, 0) is 17.8 Å². The van der Waals surface area contributed by atoms with Crippen LogP contribution in [0.4, 0.5) is 8.78 Å². The zero-order chi connectivity index (χ0) is 33.2. The van der Waals surface area contributed by atoms with Gasteiger partial charge in [-0.3, -0.25) is 14.4 Å². The SMILES string of the molecule is CCCN(CCC)C(=O)c1cc(C)cc(C(=O)N[C@@H](Cc2cc(F)cc(F)c2)[C@H](O)C2NCCCN(Cc3ccccc3)C2=O)c1. The van der Waals surface area contributed by atoms with Crippen molar-refractivity contribution in [3.63, 3.8) is 0 Å². The maximum absolute atomic E-state index is 14.2. The third-order valence-corrected chi connectivity index (χ3v) is 8.07. The lowest BCUT2D eigenvalue weighted by Crippen LogP contribution is -2.58. The van der Waals surface area contributed by atoms with Crippen LogP contribution in [-0.4, -0.2) is 77.0 Å². The number of aryl methyl sites for hydroxylation is 1. The molecule has 0 radical (unpaired) electrons. The van der Waals surface area contributed by atoms with Crippen LogP contribution in [0.1, 0.15) is 70.5 Å². The summed E-state index contributed by atoms with van der Waals surface area (Å²) in [5.74, 6) is -2.69. The van der Waals surface area contributed by atoms with E-state index in [4.69, 9.17) is 0 Å². The van der Waals surface area contributed by atoms with Crippen molar-refractivity contribution in [3.8, 4) is 0 Å². The van der Waals surface area contributed by atoms with E-state index in [1.807, 2.05) is 44.2 Å². The van der Waals surface area contributed by atoms with Crippen molar-refractivity contribution in [3.05, 3.63) is 106 Å². The summed E-state index contributed by atoms with van der Waals surface area (Å²) in [5, 5.41) is 17.7. The van der Waals surface area contributed by atoms with E-state index in [1.54, 1.807) is 28.9 Å². The van der Waals surface area contributed by atoms with E-state index < -0.39 is 35.7 Å². The standard InChI is InChI=1S/C36H44F2N4O4/c1-4-13-41(14-5-2)35(45)28-17-24(3)16-27(21-28)34(44)40-31(20-26-18-29(37)22-30(38)19-26)33(43)32-36(46)42(15-9-12-39-32)23-25-10-7-6-8-11-25/h6-8,10-11,16-19,21-22,31-33,39,43H,4-5,9,12-15,20,23H2,1-3H3,(H,40,44)/t31-,32?,33-/m0/s1. The average Bonchev–Trinajstić information content (AvgIpc) is 3.20. The van der Waals surface area contributed by atoms with E-state index in [9.17, 15) is 28.3 Å². The molecule has 8 nitrogen and oxygen atoms in total. The summed E-state index contributed by atoms with van der Waals surface area (Å²) in [7, 11) is 0. The lowest BCUT2D eigenvalue weighted by molar-refractivity contribution is -0.136. The molecule has 3 amide bonds. The Morgan fingerprint density at radius 2 is 1.63 bits per heavy atom. The van der Waals surface area contributed by atoms with Gasteiger partial charge in [-0.05, 0) is 86.2 Å². The lowest BCUT2D eigenvalue weighted by Gasteiger charge is -2.32. The Balaban J connectivity index is 1.63. The Morgan fingerprint density at radius 3 is 2.28 bits per heavy atom. The number of carbonyl (C=O) groups excluding carboxylic acids is 3. The predicted molar refractivity (Wildman–Crippen MR) is 173 cm³/mol. The fourth-order valence-electron chi connectivity index (χ4n) is 5.95. The van der Waals surface area contributed by atoms with E-state index in [0.29, 0.717) is 50.3 Å². The normalized spacial score (nSPS) is 16.4. The molecule has 4 rings (SSSR count). The summed E-state index contributed by atoms with van der Waals surface area (Å²) in [5.41, 5.74) is 2.41. The lowest BCUT2D eigenvalue weighted by atomic mass is 9.94. The van der Waals surface area contributed by atoms with E-state index >= 15 is 0 Å². The minimum atomic E-state index is -1.45. The second kappa shape index (κ2) is 16.4. The van der Waals surface area contributed by atoms with E-state index in [1.165, 1.54) is 6.07 Å². The van der Waals surface area contributed by atoms with Gasteiger partial charge in [0.2, 0.25) is 5.91 Å². The van der Waals surface area contributed by atoms with Crippen molar-refractivity contribution >= 4 is 17.7 Å². The summed E-state index contributed by atoms with van der Waals surface area (Å²) in [4.78, 5) is 44.3. The number of amides is 3. The van der Waals surface area contributed by atoms with Crippen molar-refractivity contribution < 1.29 is 28.3 Å². The molecule has 10 heteroatoms. The van der Waals surface area contributed by atoms with Crippen LogP contribution in [0.15, 0.2) is 66.7 Å². The largest absolute Gasteiger partial charge is 0.389 e. The summed E-state index contributed by atoms with van der Waals surface area (Å²) < 4.78 is 28.4. The highest BCUT2D eigenvalue weighted by Gasteiger charge is 2.37. The van der Waals surface area contributed by atoms with Gasteiger partial charge >= 0.3 is 0 Å². The average molecular weight is 635 g/mol. The molecule has 0 bridgehead atoms. The topological polar surface area (TPSA) is 102 Å². The fraction of sp³-hybridized carbons (Fsp3) is 0.417. The van der Waals surface area contributed by atoms with Gasteiger partial charge < -0.3 is 25.5 Å². The minimum absolute atomic E-state index is 0.149. The van der Waals surface area contributed by atoms with Gasteiger partial charge in [-0.1, -0.05) is 44.2 Å². The second-order valence-corrected chi connectivity index (χ2v) is 12.0. The molecule has 3 aromatic rings. The molecule has 1 fully saturated rings. The molecule has 1 unspecified atom stereocenters. The van der Waals surface area contributed by atoms with Gasteiger partial charge in [0, 0.05) is 43.4 Å². The molecule has 0 saturated carbocycles. The Bertz CT molecular complexity index is 1480. The number of aliphatic hydroxyl groups excluding tert-OH is 1. The van der Waals surface area contributed by atoms with E-state index in [0.717, 1.165) is 36.6 Å². The maximum atomic E-state index is 14.2.